The average molecular weight is 382 g/mol. The summed E-state index contributed by atoms with van der Waals surface area (Å²) in [6.45, 7) is 12.1. The minimum absolute atomic E-state index is 0.0307. The lowest BCUT2D eigenvalue weighted by atomic mass is 10.1. The van der Waals surface area contributed by atoms with Crippen molar-refractivity contribution >= 4 is 11.7 Å². The molecule has 0 N–H and O–H groups in total. The topological polar surface area (TPSA) is 45.6 Å². The van der Waals surface area contributed by atoms with Crippen LogP contribution in [0.3, 0.4) is 0 Å². The minimum Gasteiger partial charge on any atom is -0.344 e. The van der Waals surface area contributed by atoms with E-state index in [2.05, 4.69) is 28.5 Å². The molecule has 2 aromatic rings. The number of benzene rings is 1. The molecule has 5 heteroatoms. The molecule has 0 spiro atoms. The van der Waals surface area contributed by atoms with Gasteiger partial charge < -0.3 is 9.47 Å². The molecule has 3 rings (SSSR count). The van der Waals surface area contributed by atoms with E-state index in [0.29, 0.717) is 19.6 Å². The van der Waals surface area contributed by atoms with Crippen LogP contribution in [0.1, 0.15) is 41.2 Å². The number of ketones is 1. The molecule has 0 bridgehead atoms. The van der Waals surface area contributed by atoms with E-state index in [4.69, 9.17) is 0 Å². The standard InChI is InChI=1S/C23H31N3O2/c1-17(2)23(28)25-12-10-24(11-13-25)16-22(27)21-14-18(3)26(19(21)4)15-20-8-6-5-7-9-20/h5-9,14,17H,10-13,15-16H2,1-4H3. The van der Waals surface area contributed by atoms with E-state index in [-0.39, 0.29) is 17.6 Å². The maximum Gasteiger partial charge on any atom is 0.225 e. The number of piperazine rings is 1. The van der Waals surface area contributed by atoms with Gasteiger partial charge in [-0.1, -0.05) is 44.2 Å². The molecule has 1 aromatic carbocycles. The van der Waals surface area contributed by atoms with E-state index >= 15 is 0 Å². The molecular formula is C23H31N3O2. The number of amides is 1. The van der Waals surface area contributed by atoms with Crippen molar-refractivity contribution in [2.24, 2.45) is 5.92 Å². The first-order valence-corrected chi connectivity index (χ1v) is 10.1. The van der Waals surface area contributed by atoms with Crippen LogP contribution in [0.2, 0.25) is 0 Å². The summed E-state index contributed by atoms with van der Waals surface area (Å²) in [6, 6.07) is 12.3. The number of Topliss-reactive ketones (excluding diaryl/α,β-unsaturated/α-hetero) is 1. The van der Waals surface area contributed by atoms with Gasteiger partial charge in [0.25, 0.3) is 0 Å². The zero-order chi connectivity index (χ0) is 20.3. The third-order valence-corrected chi connectivity index (χ3v) is 5.60. The summed E-state index contributed by atoms with van der Waals surface area (Å²) in [6.07, 6.45) is 0. The van der Waals surface area contributed by atoms with Crippen LogP contribution in [-0.4, -0.2) is 58.8 Å². The molecule has 1 aliphatic heterocycles. The van der Waals surface area contributed by atoms with Gasteiger partial charge in [0, 0.05) is 55.6 Å². The molecule has 28 heavy (non-hydrogen) atoms. The average Bonchev–Trinajstić information content (AvgIpc) is 2.97. The molecule has 5 nitrogen and oxygen atoms in total. The fraction of sp³-hybridized carbons (Fsp3) is 0.478. The normalized spacial score (nSPS) is 15.2. The van der Waals surface area contributed by atoms with Crippen molar-refractivity contribution in [3.63, 3.8) is 0 Å². The van der Waals surface area contributed by atoms with Gasteiger partial charge >= 0.3 is 0 Å². The van der Waals surface area contributed by atoms with Gasteiger partial charge in [-0.2, -0.15) is 0 Å². The molecule has 1 aliphatic rings. The van der Waals surface area contributed by atoms with Crippen molar-refractivity contribution in [3.8, 4) is 0 Å². The number of aryl methyl sites for hydroxylation is 1. The molecule has 0 saturated carbocycles. The summed E-state index contributed by atoms with van der Waals surface area (Å²) in [5.41, 5.74) is 4.18. The summed E-state index contributed by atoms with van der Waals surface area (Å²) in [4.78, 5) is 29.1. The zero-order valence-electron chi connectivity index (χ0n) is 17.4. The SMILES string of the molecule is Cc1cc(C(=O)CN2CCN(C(=O)C(C)C)CC2)c(C)n1Cc1ccccc1. The van der Waals surface area contributed by atoms with E-state index in [9.17, 15) is 9.59 Å². The highest BCUT2D eigenvalue weighted by Crippen LogP contribution is 2.18. The fourth-order valence-electron chi connectivity index (χ4n) is 3.87. The summed E-state index contributed by atoms with van der Waals surface area (Å²) < 4.78 is 2.21. The first-order valence-electron chi connectivity index (χ1n) is 10.1. The van der Waals surface area contributed by atoms with E-state index in [0.717, 1.165) is 36.6 Å². The summed E-state index contributed by atoms with van der Waals surface area (Å²) >= 11 is 0. The summed E-state index contributed by atoms with van der Waals surface area (Å²) in [5, 5.41) is 0. The van der Waals surface area contributed by atoms with Gasteiger partial charge in [0.15, 0.2) is 5.78 Å². The lowest BCUT2D eigenvalue weighted by Crippen LogP contribution is -2.50. The van der Waals surface area contributed by atoms with Gasteiger partial charge in [-0.15, -0.1) is 0 Å². The van der Waals surface area contributed by atoms with Crippen molar-refractivity contribution in [2.75, 3.05) is 32.7 Å². The maximum absolute atomic E-state index is 12.9. The largest absolute Gasteiger partial charge is 0.344 e. The van der Waals surface area contributed by atoms with Crippen molar-refractivity contribution in [1.29, 1.82) is 0 Å². The lowest BCUT2D eigenvalue weighted by Gasteiger charge is -2.35. The molecule has 1 saturated heterocycles. The molecule has 1 fully saturated rings. The molecule has 0 aliphatic carbocycles. The van der Waals surface area contributed by atoms with E-state index in [1.807, 2.05) is 49.9 Å². The number of carbonyl (C=O) groups excluding carboxylic acids is 2. The maximum atomic E-state index is 12.9. The van der Waals surface area contributed by atoms with Gasteiger partial charge in [0.1, 0.15) is 0 Å². The third-order valence-electron chi connectivity index (χ3n) is 5.60. The Morgan fingerprint density at radius 1 is 1.00 bits per heavy atom. The van der Waals surface area contributed by atoms with Crippen LogP contribution in [0, 0.1) is 19.8 Å². The van der Waals surface area contributed by atoms with Crippen molar-refractivity contribution in [3.05, 3.63) is 58.9 Å². The van der Waals surface area contributed by atoms with Gasteiger partial charge in [0.2, 0.25) is 5.91 Å². The second-order valence-electron chi connectivity index (χ2n) is 8.04. The van der Waals surface area contributed by atoms with Crippen LogP contribution >= 0.6 is 0 Å². The highest BCUT2D eigenvalue weighted by Gasteiger charge is 2.25. The number of hydrogen-bond donors (Lipinski definition) is 0. The fourth-order valence-corrected chi connectivity index (χ4v) is 3.87. The van der Waals surface area contributed by atoms with Crippen LogP contribution < -0.4 is 0 Å². The van der Waals surface area contributed by atoms with Crippen LogP contribution in [-0.2, 0) is 11.3 Å². The number of aromatic nitrogens is 1. The number of hydrogen-bond acceptors (Lipinski definition) is 3. The molecule has 0 radical (unpaired) electrons. The Labute approximate surface area is 167 Å². The predicted molar refractivity (Wildman–Crippen MR) is 112 cm³/mol. The molecular weight excluding hydrogens is 350 g/mol. The minimum atomic E-state index is 0.0307. The quantitative estimate of drug-likeness (QED) is 0.722. The molecule has 150 valence electrons. The van der Waals surface area contributed by atoms with Gasteiger partial charge in [-0.25, -0.2) is 0 Å². The second-order valence-corrected chi connectivity index (χ2v) is 8.04. The van der Waals surface area contributed by atoms with Crippen LogP contribution in [0.25, 0.3) is 0 Å². The number of rotatable bonds is 6. The zero-order valence-corrected chi connectivity index (χ0v) is 17.4. The van der Waals surface area contributed by atoms with Crippen LogP contribution in [0.5, 0.6) is 0 Å². The predicted octanol–water partition coefficient (Wildman–Crippen LogP) is 3.14. The smallest absolute Gasteiger partial charge is 0.225 e. The van der Waals surface area contributed by atoms with Crippen LogP contribution in [0.4, 0.5) is 0 Å². The Bertz CT molecular complexity index is 831. The van der Waals surface area contributed by atoms with Crippen LogP contribution in [0.15, 0.2) is 36.4 Å². The van der Waals surface area contributed by atoms with Gasteiger partial charge in [-0.05, 0) is 25.5 Å². The Morgan fingerprint density at radius 2 is 1.64 bits per heavy atom. The second kappa shape index (κ2) is 8.74. The van der Waals surface area contributed by atoms with E-state index in [1.165, 1.54) is 5.56 Å². The third kappa shape index (κ3) is 4.53. The van der Waals surface area contributed by atoms with Crippen molar-refractivity contribution in [2.45, 2.75) is 34.2 Å². The summed E-state index contributed by atoms with van der Waals surface area (Å²) in [7, 11) is 0. The molecule has 0 atom stereocenters. The Balaban J connectivity index is 1.63. The highest BCUT2D eigenvalue weighted by atomic mass is 16.2. The summed E-state index contributed by atoms with van der Waals surface area (Å²) in [5.74, 6) is 0.398. The highest BCUT2D eigenvalue weighted by molar-refractivity contribution is 5.99. The Hall–Kier alpha value is -2.40. The number of carbonyl (C=O) groups is 2. The van der Waals surface area contributed by atoms with Crippen molar-refractivity contribution in [1.82, 2.24) is 14.4 Å². The first-order chi connectivity index (χ1) is 13.4. The lowest BCUT2D eigenvalue weighted by molar-refractivity contribution is -0.136. The monoisotopic (exact) mass is 381 g/mol. The molecule has 2 heterocycles. The van der Waals surface area contributed by atoms with Gasteiger partial charge in [0.05, 0.1) is 6.54 Å². The van der Waals surface area contributed by atoms with E-state index < -0.39 is 0 Å². The van der Waals surface area contributed by atoms with E-state index in [1.54, 1.807) is 0 Å². The Morgan fingerprint density at radius 3 is 2.25 bits per heavy atom. The van der Waals surface area contributed by atoms with Crippen molar-refractivity contribution < 1.29 is 9.59 Å². The number of nitrogens with zero attached hydrogens (tertiary/aromatic N) is 3. The molecule has 1 amide bonds. The molecule has 1 aromatic heterocycles. The van der Waals surface area contributed by atoms with Gasteiger partial charge in [-0.3, -0.25) is 14.5 Å². The molecule has 0 unspecified atom stereocenters. The Kier molecular flexibility index (Phi) is 6.35. The first kappa shape index (κ1) is 20.3.